The summed E-state index contributed by atoms with van der Waals surface area (Å²) in [5.41, 5.74) is 7.33. The first-order valence-corrected chi connectivity index (χ1v) is 11.0. The number of pyridine rings is 1. The Morgan fingerprint density at radius 2 is 1.80 bits per heavy atom. The van der Waals surface area contributed by atoms with E-state index in [2.05, 4.69) is 90.8 Å². The van der Waals surface area contributed by atoms with Crippen LogP contribution in [0.1, 0.15) is 54.1 Å². The fourth-order valence-corrected chi connectivity index (χ4v) is 4.92. The first kappa shape index (κ1) is 20.6. The number of hydrogen-bond donors (Lipinski definition) is 1. The molecular formula is C25H30N4S. The molecule has 0 unspecified atom stereocenters. The fraction of sp³-hybridized carbons (Fsp3) is 0.360. The summed E-state index contributed by atoms with van der Waals surface area (Å²) in [5.74, 6) is 0.509. The zero-order valence-electron chi connectivity index (χ0n) is 18.4. The van der Waals surface area contributed by atoms with Crippen molar-refractivity contribution in [2.45, 2.75) is 46.7 Å². The Hall–Kier alpha value is -2.66. The quantitative estimate of drug-likeness (QED) is 0.561. The van der Waals surface area contributed by atoms with E-state index in [4.69, 9.17) is 12.2 Å². The molecular weight excluding hydrogens is 388 g/mol. The largest absolute Gasteiger partial charge is 0.352 e. The van der Waals surface area contributed by atoms with E-state index in [1.165, 1.54) is 28.2 Å². The fourth-order valence-electron chi connectivity index (χ4n) is 4.61. The van der Waals surface area contributed by atoms with Crippen LogP contribution in [0.3, 0.4) is 0 Å². The van der Waals surface area contributed by atoms with Gasteiger partial charge in [-0.1, -0.05) is 38.1 Å². The molecule has 4 nitrogen and oxygen atoms in total. The van der Waals surface area contributed by atoms with Crippen LogP contribution >= 0.6 is 12.2 Å². The molecule has 1 saturated heterocycles. The molecule has 0 aliphatic carbocycles. The van der Waals surface area contributed by atoms with Crippen molar-refractivity contribution >= 4 is 17.3 Å². The topological polar surface area (TPSA) is 33.1 Å². The standard InChI is InChI=1S/C25H30N4S/c1-16(2)15-28-24(23(27-25(28)30)21-11-8-9-13-26-21)20-14-18(4)29(19(20)5)22-12-7-6-10-17(22)3/h6-14,16,23-24H,15H2,1-5H3,(H,27,30)/t23-,24+/m1/s1. The lowest BCUT2D eigenvalue weighted by molar-refractivity contribution is 0.287. The second kappa shape index (κ2) is 8.23. The second-order valence-electron chi connectivity index (χ2n) is 8.62. The molecule has 3 heterocycles. The number of nitrogens with zero attached hydrogens (tertiary/aromatic N) is 3. The van der Waals surface area contributed by atoms with Gasteiger partial charge in [0.1, 0.15) is 0 Å². The van der Waals surface area contributed by atoms with Crippen molar-refractivity contribution in [3.05, 3.63) is 82.9 Å². The normalized spacial score (nSPS) is 18.9. The molecule has 2 atom stereocenters. The molecule has 3 aromatic rings. The Morgan fingerprint density at radius 1 is 1.07 bits per heavy atom. The first-order chi connectivity index (χ1) is 14.4. The Balaban J connectivity index is 1.85. The van der Waals surface area contributed by atoms with Crippen LogP contribution in [0.5, 0.6) is 0 Å². The minimum atomic E-state index is 0.0308. The van der Waals surface area contributed by atoms with Crippen LogP contribution in [-0.4, -0.2) is 26.1 Å². The van der Waals surface area contributed by atoms with Crippen molar-refractivity contribution in [3.63, 3.8) is 0 Å². The van der Waals surface area contributed by atoms with Gasteiger partial charge in [-0.2, -0.15) is 0 Å². The number of benzene rings is 1. The Kier molecular flexibility index (Phi) is 5.65. The highest BCUT2D eigenvalue weighted by atomic mass is 32.1. The van der Waals surface area contributed by atoms with E-state index in [1.807, 2.05) is 18.3 Å². The van der Waals surface area contributed by atoms with Gasteiger partial charge in [0.2, 0.25) is 0 Å². The van der Waals surface area contributed by atoms with Gasteiger partial charge in [-0.15, -0.1) is 0 Å². The van der Waals surface area contributed by atoms with Crippen LogP contribution in [-0.2, 0) is 0 Å². The van der Waals surface area contributed by atoms with Gasteiger partial charge in [0.25, 0.3) is 0 Å². The number of hydrogen-bond acceptors (Lipinski definition) is 2. The number of aromatic nitrogens is 2. The van der Waals surface area contributed by atoms with E-state index >= 15 is 0 Å². The molecule has 0 saturated carbocycles. The molecule has 4 rings (SSSR count). The maximum atomic E-state index is 5.79. The number of aryl methyl sites for hydroxylation is 2. The van der Waals surface area contributed by atoms with Crippen molar-refractivity contribution in [3.8, 4) is 5.69 Å². The molecule has 1 fully saturated rings. The summed E-state index contributed by atoms with van der Waals surface area (Å²) in [6, 6.07) is 17.1. The van der Waals surface area contributed by atoms with Gasteiger partial charge in [0.15, 0.2) is 5.11 Å². The minimum absolute atomic E-state index is 0.0308. The third-order valence-corrected chi connectivity index (χ3v) is 6.26. The van der Waals surface area contributed by atoms with Crippen LogP contribution in [0, 0.1) is 26.7 Å². The summed E-state index contributed by atoms with van der Waals surface area (Å²) in [7, 11) is 0. The molecule has 5 heteroatoms. The van der Waals surface area contributed by atoms with Gasteiger partial charge in [0.05, 0.1) is 17.8 Å². The highest BCUT2D eigenvalue weighted by molar-refractivity contribution is 7.80. The molecule has 1 N–H and O–H groups in total. The number of nitrogens with one attached hydrogen (secondary N) is 1. The van der Waals surface area contributed by atoms with Crippen molar-refractivity contribution in [1.82, 2.24) is 19.8 Å². The maximum absolute atomic E-state index is 5.79. The van der Waals surface area contributed by atoms with Gasteiger partial charge in [0, 0.05) is 29.8 Å². The van der Waals surface area contributed by atoms with Crippen LogP contribution in [0.4, 0.5) is 0 Å². The van der Waals surface area contributed by atoms with Gasteiger partial charge in [-0.05, 0) is 74.3 Å². The van der Waals surface area contributed by atoms with E-state index in [9.17, 15) is 0 Å². The monoisotopic (exact) mass is 418 g/mol. The van der Waals surface area contributed by atoms with Crippen molar-refractivity contribution in [2.75, 3.05) is 6.54 Å². The molecule has 0 radical (unpaired) electrons. The molecule has 0 bridgehead atoms. The predicted molar refractivity (Wildman–Crippen MR) is 127 cm³/mol. The van der Waals surface area contributed by atoms with Gasteiger partial charge in [-0.3, -0.25) is 4.98 Å². The molecule has 30 heavy (non-hydrogen) atoms. The Bertz CT molecular complexity index is 1050. The molecule has 1 aliphatic rings. The van der Waals surface area contributed by atoms with Crippen molar-refractivity contribution in [1.29, 1.82) is 0 Å². The summed E-state index contributed by atoms with van der Waals surface area (Å²) in [6.07, 6.45) is 1.86. The summed E-state index contributed by atoms with van der Waals surface area (Å²) in [5, 5.41) is 4.38. The third kappa shape index (κ3) is 3.63. The predicted octanol–water partition coefficient (Wildman–Crippen LogP) is 5.43. The second-order valence-corrected chi connectivity index (χ2v) is 9.01. The molecule has 0 amide bonds. The highest BCUT2D eigenvalue weighted by Gasteiger charge is 2.41. The van der Waals surface area contributed by atoms with Crippen LogP contribution in [0.2, 0.25) is 0 Å². The lowest BCUT2D eigenvalue weighted by atomic mass is 9.96. The average Bonchev–Trinajstić information content (AvgIpc) is 3.18. The summed E-state index contributed by atoms with van der Waals surface area (Å²) < 4.78 is 2.37. The Morgan fingerprint density at radius 3 is 2.47 bits per heavy atom. The smallest absolute Gasteiger partial charge is 0.170 e. The number of para-hydroxylation sites is 1. The van der Waals surface area contributed by atoms with E-state index in [1.54, 1.807) is 0 Å². The number of rotatable bonds is 5. The first-order valence-electron chi connectivity index (χ1n) is 10.6. The van der Waals surface area contributed by atoms with Crippen LogP contribution in [0.25, 0.3) is 5.69 Å². The lowest BCUT2D eigenvalue weighted by Crippen LogP contribution is -2.33. The molecule has 1 aliphatic heterocycles. The van der Waals surface area contributed by atoms with E-state index < -0.39 is 0 Å². The van der Waals surface area contributed by atoms with E-state index in [0.29, 0.717) is 5.92 Å². The van der Waals surface area contributed by atoms with Gasteiger partial charge >= 0.3 is 0 Å². The van der Waals surface area contributed by atoms with Crippen molar-refractivity contribution in [2.24, 2.45) is 5.92 Å². The summed E-state index contributed by atoms with van der Waals surface area (Å²) >= 11 is 5.79. The molecule has 2 aromatic heterocycles. The van der Waals surface area contributed by atoms with E-state index in [-0.39, 0.29) is 12.1 Å². The highest BCUT2D eigenvalue weighted by Crippen LogP contribution is 2.41. The Labute approximate surface area is 184 Å². The van der Waals surface area contributed by atoms with Crippen molar-refractivity contribution < 1.29 is 0 Å². The summed E-state index contributed by atoms with van der Waals surface area (Å²) in [6.45, 7) is 12.0. The SMILES string of the molecule is Cc1ccccc1-n1c(C)cc([C@H]2[C@@H](c3ccccn3)NC(=S)N2CC(C)C)c1C. The molecule has 1 aromatic carbocycles. The van der Waals surface area contributed by atoms with Gasteiger partial charge in [-0.25, -0.2) is 0 Å². The van der Waals surface area contributed by atoms with Crippen LogP contribution < -0.4 is 5.32 Å². The minimum Gasteiger partial charge on any atom is -0.352 e. The zero-order chi connectivity index (χ0) is 21.4. The maximum Gasteiger partial charge on any atom is 0.170 e. The zero-order valence-corrected chi connectivity index (χ0v) is 19.2. The molecule has 0 spiro atoms. The lowest BCUT2D eigenvalue weighted by Gasteiger charge is -2.29. The average molecular weight is 419 g/mol. The summed E-state index contributed by atoms with van der Waals surface area (Å²) in [4.78, 5) is 7.01. The van der Waals surface area contributed by atoms with Crippen LogP contribution in [0.15, 0.2) is 54.7 Å². The number of thiocarbonyl (C=S) groups is 1. The van der Waals surface area contributed by atoms with E-state index in [0.717, 1.165) is 17.4 Å². The molecule has 156 valence electrons. The van der Waals surface area contributed by atoms with Gasteiger partial charge < -0.3 is 14.8 Å². The third-order valence-electron chi connectivity index (χ3n) is 5.90.